The van der Waals surface area contributed by atoms with E-state index in [4.69, 9.17) is 0 Å². The minimum atomic E-state index is -0.00301. The van der Waals surface area contributed by atoms with Gasteiger partial charge < -0.3 is 4.90 Å². The molecule has 21 heavy (non-hydrogen) atoms. The van der Waals surface area contributed by atoms with Crippen LogP contribution in [0.3, 0.4) is 0 Å². The highest BCUT2D eigenvalue weighted by Gasteiger charge is 2.22. The highest BCUT2D eigenvalue weighted by atomic mass is 16.2. The number of carbonyl (C=O) groups excluding carboxylic acids is 1. The number of para-hydroxylation sites is 1. The number of hydrogen-bond donors (Lipinski definition) is 0. The Balaban J connectivity index is 2.18. The minimum absolute atomic E-state index is 0.00301. The Morgan fingerprint density at radius 3 is 3.00 bits per heavy atom. The lowest BCUT2D eigenvalue weighted by molar-refractivity contribution is -0.116. The van der Waals surface area contributed by atoms with Crippen LogP contribution in [0.15, 0.2) is 70.9 Å². The molecule has 0 fully saturated rings. The van der Waals surface area contributed by atoms with E-state index in [1.54, 1.807) is 11.9 Å². The van der Waals surface area contributed by atoms with Crippen LogP contribution in [-0.4, -0.2) is 25.2 Å². The van der Waals surface area contributed by atoms with Gasteiger partial charge in [-0.05, 0) is 24.6 Å². The van der Waals surface area contributed by atoms with Crippen LogP contribution >= 0.6 is 0 Å². The van der Waals surface area contributed by atoms with Crippen molar-refractivity contribution in [1.29, 1.82) is 0 Å². The van der Waals surface area contributed by atoms with E-state index < -0.39 is 0 Å². The van der Waals surface area contributed by atoms with Crippen LogP contribution in [0.25, 0.3) is 0 Å². The lowest BCUT2D eigenvalue weighted by Gasteiger charge is -2.17. The predicted molar refractivity (Wildman–Crippen MR) is 85.7 cm³/mol. The average Bonchev–Trinajstić information content (AvgIpc) is 2.59. The molecule has 1 aromatic rings. The van der Waals surface area contributed by atoms with E-state index in [9.17, 15) is 4.79 Å². The van der Waals surface area contributed by atoms with Gasteiger partial charge in [0.2, 0.25) is 5.91 Å². The summed E-state index contributed by atoms with van der Waals surface area (Å²) in [4.78, 5) is 18.3. The number of anilines is 1. The summed E-state index contributed by atoms with van der Waals surface area (Å²) in [6.07, 6.45) is 10.9. The fraction of sp³-hybridized carbons (Fsp3) is 0.167. The van der Waals surface area contributed by atoms with Crippen molar-refractivity contribution in [3.8, 4) is 0 Å². The zero-order valence-corrected chi connectivity index (χ0v) is 11.9. The van der Waals surface area contributed by atoms with Crippen molar-refractivity contribution < 1.29 is 4.79 Å². The molecule has 1 aliphatic carbocycles. The lowest BCUT2D eigenvalue weighted by atomic mass is 9.99. The first-order valence-electron chi connectivity index (χ1n) is 6.96. The molecular weight excluding hydrogens is 260 g/mol. The van der Waals surface area contributed by atoms with Gasteiger partial charge in [0.1, 0.15) is 6.54 Å². The SMILES string of the molecule is CN1C(=O)CN=C(C2=C=C/C=C\C/C=C\2)c2ccccc21. The number of rotatable bonds is 1. The van der Waals surface area contributed by atoms with Gasteiger partial charge in [-0.1, -0.05) is 36.4 Å². The molecule has 1 aromatic carbocycles. The maximum absolute atomic E-state index is 12.1. The largest absolute Gasteiger partial charge is 0.313 e. The number of benzodiazepines with no additional fused rings is 1. The molecule has 0 radical (unpaired) electrons. The molecular formula is C18H16N2O. The Morgan fingerprint density at radius 2 is 2.10 bits per heavy atom. The van der Waals surface area contributed by atoms with Crippen molar-refractivity contribution >= 4 is 17.3 Å². The number of aliphatic imine (C=N–C) groups is 1. The van der Waals surface area contributed by atoms with Crippen LogP contribution in [0, 0.1) is 0 Å². The van der Waals surface area contributed by atoms with E-state index in [0.29, 0.717) is 0 Å². The zero-order chi connectivity index (χ0) is 14.7. The minimum Gasteiger partial charge on any atom is -0.313 e. The highest BCUT2D eigenvalue weighted by Crippen LogP contribution is 2.25. The second-order valence-electron chi connectivity index (χ2n) is 4.93. The van der Waals surface area contributed by atoms with Crippen LogP contribution in [0.1, 0.15) is 12.0 Å². The van der Waals surface area contributed by atoms with Gasteiger partial charge in [0.05, 0.1) is 11.4 Å². The van der Waals surface area contributed by atoms with Gasteiger partial charge in [0.25, 0.3) is 0 Å². The molecule has 1 amide bonds. The van der Waals surface area contributed by atoms with Crippen molar-refractivity contribution in [3.63, 3.8) is 0 Å². The summed E-state index contributed by atoms with van der Waals surface area (Å²) in [7, 11) is 1.79. The number of hydrogen-bond acceptors (Lipinski definition) is 2. The first-order valence-corrected chi connectivity index (χ1v) is 6.96. The summed E-state index contributed by atoms with van der Waals surface area (Å²) in [6.45, 7) is 0.162. The molecule has 3 heteroatoms. The smallest absolute Gasteiger partial charge is 0.248 e. The molecule has 1 aliphatic heterocycles. The molecule has 0 spiro atoms. The van der Waals surface area contributed by atoms with Gasteiger partial charge in [-0.15, -0.1) is 5.73 Å². The molecule has 104 valence electrons. The molecule has 2 aliphatic rings. The number of carbonyl (C=O) groups is 1. The number of amides is 1. The second kappa shape index (κ2) is 5.78. The van der Waals surface area contributed by atoms with Crippen molar-refractivity contribution in [1.82, 2.24) is 0 Å². The van der Waals surface area contributed by atoms with Gasteiger partial charge in [0.15, 0.2) is 0 Å². The summed E-state index contributed by atoms with van der Waals surface area (Å²) in [5.41, 5.74) is 6.84. The molecule has 0 saturated heterocycles. The number of nitrogens with zero attached hydrogens (tertiary/aromatic N) is 2. The third-order valence-corrected chi connectivity index (χ3v) is 3.55. The summed E-state index contributed by atoms with van der Waals surface area (Å²) >= 11 is 0. The van der Waals surface area contributed by atoms with E-state index in [-0.39, 0.29) is 12.5 Å². The number of fused-ring (bicyclic) bond motifs is 1. The Labute approximate surface area is 124 Å². The third kappa shape index (κ3) is 2.64. The van der Waals surface area contributed by atoms with E-state index in [1.807, 2.05) is 42.5 Å². The van der Waals surface area contributed by atoms with E-state index in [2.05, 4.69) is 22.9 Å². The normalized spacial score (nSPS) is 20.6. The standard InChI is InChI=1S/C18H16N2O/c1-20-16-12-8-7-11-15(16)18(19-13-17(20)21)14-9-5-3-2-4-6-10-14/h2-3,5-8,10-12H,4,13H2,1H3/b3-2-,10-6-. The van der Waals surface area contributed by atoms with E-state index in [0.717, 1.165) is 29.0 Å². The van der Waals surface area contributed by atoms with Crippen LogP contribution in [0.5, 0.6) is 0 Å². The molecule has 3 rings (SSSR count). The summed E-state index contributed by atoms with van der Waals surface area (Å²) in [6, 6.07) is 7.85. The highest BCUT2D eigenvalue weighted by molar-refractivity contribution is 6.20. The molecule has 1 heterocycles. The summed E-state index contributed by atoms with van der Waals surface area (Å²) in [5, 5.41) is 0. The fourth-order valence-electron chi connectivity index (χ4n) is 2.41. The van der Waals surface area contributed by atoms with Gasteiger partial charge >= 0.3 is 0 Å². The van der Waals surface area contributed by atoms with E-state index in [1.165, 1.54) is 0 Å². The fourth-order valence-corrected chi connectivity index (χ4v) is 2.41. The summed E-state index contributed by atoms with van der Waals surface area (Å²) in [5.74, 6) is -0.00301. The Hall–Kier alpha value is -2.64. The molecule has 0 saturated carbocycles. The van der Waals surface area contributed by atoms with Gasteiger partial charge in [-0.25, -0.2) is 0 Å². The molecule has 0 bridgehead atoms. The number of benzene rings is 1. The van der Waals surface area contributed by atoms with Gasteiger partial charge in [-0.3, -0.25) is 9.79 Å². The monoisotopic (exact) mass is 276 g/mol. The maximum atomic E-state index is 12.1. The van der Waals surface area contributed by atoms with Crippen molar-refractivity contribution in [2.24, 2.45) is 4.99 Å². The number of likely N-dealkylation sites (N-methyl/N-ethyl adjacent to an activating group) is 1. The zero-order valence-electron chi connectivity index (χ0n) is 11.9. The van der Waals surface area contributed by atoms with Crippen LogP contribution in [0.4, 0.5) is 5.69 Å². The van der Waals surface area contributed by atoms with Crippen LogP contribution < -0.4 is 4.90 Å². The Morgan fingerprint density at radius 1 is 1.24 bits per heavy atom. The van der Waals surface area contributed by atoms with Crippen LogP contribution in [0.2, 0.25) is 0 Å². The average molecular weight is 276 g/mol. The van der Waals surface area contributed by atoms with E-state index >= 15 is 0 Å². The van der Waals surface area contributed by atoms with Crippen molar-refractivity contribution in [3.05, 3.63) is 71.5 Å². The topological polar surface area (TPSA) is 32.7 Å². The quantitative estimate of drug-likeness (QED) is 0.726. The predicted octanol–water partition coefficient (Wildman–Crippen LogP) is 3.05. The van der Waals surface area contributed by atoms with Crippen molar-refractivity contribution in [2.45, 2.75) is 6.42 Å². The Bertz CT molecular complexity index is 731. The van der Waals surface area contributed by atoms with Gasteiger partial charge in [-0.2, -0.15) is 0 Å². The molecule has 0 unspecified atom stereocenters. The molecule has 0 N–H and O–H groups in total. The summed E-state index contributed by atoms with van der Waals surface area (Å²) < 4.78 is 0. The maximum Gasteiger partial charge on any atom is 0.248 e. The Kier molecular flexibility index (Phi) is 3.67. The lowest BCUT2D eigenvalue weighted by Crippen LogP contribution is -2.27. The van der Waals surface area contributed by atoms with Crippen LogP contribution in [-0.2, 0) is 4.79 Å². The van der Waals surface area contributed by atoms with Gasteiger partial charge in [0, 0.05) is 18.2 Å². The second-order valence-corrected chi connectivity index (χ2v) is 4.93. The number of allylic oxidation sites excluding steroid dienone is 5. The third-order valence-electron chi connectivity index (χ3n) is 3.55. The first-order chi connectivity index (χ1) is 10.3. The molecule has 0 atom stereocenters. The first kappa shape index (κ1) is 13.3. The molecule has 3 nitrogen and oxygen atoms in total. The molecule has 0 aromatic heterocycles. The van der Waals surface area contributed by atoms with Crippen molar-refractivity contribution in [2.75, 3.05) is 18.5 Å².